The van der Waals surface area contributed by atoms with Crippen molar-refractivity contribution in [1.82, 2.24) is 4.90 Å². The Bertz CT molecular complexity index is 591. The smallest absolute Gasteiger partial charge is 0.313 e. The molecule has 124 valence electrons. The number of thioether (sulfide) groups is 1. The Balaban J connectivity index is 1.72. The number of piperidine rings is 1. The van der Waals surface area contributed by atoms with Crippen molar-refractivity contribution in [1.29, 1.82) is 0 Å². The average molecular weight is 335 g/mol. The zero-order valence-electron chi connectivity index (χ0n) is 13.2. The van der Waals surface area contributed by atoms with Crippen LogP contribution in [0.3, 0.4) is 0 Å². The third-order valence-corrected chi connectivity index (χ3v) is 5.99. The largest absolute Gasteiger partial charge is 0.481 e. The number of carbonyl (C=O) groups is 2. The molecule has 23 heavy (non-hydrogen) atoms. The molecule has 2 unspecified atom stereocenters. The maximum atomic E-state index is 12.9. The highest BCUT2D eigenvalue weighted by Gasteiger charge is 2.45. The third-order valence-electron chi connectivity index (χ3n) is 4.69. The lowest BCUT2D eigenvalue weighted by atomic mass is 9.80. The van der Waals surface area contributed by atoms with Gasteiger partial charge in [-0.25, -0.2) is 0 Å². The minimum absolute atomic E-state index is 0.0487. The number of methoxy groups -OCH3 is 1. The van der Waals surface area contributed by atoms with Gasteiger partial charge in [0.1, 0.15) is 5.41 Å². The van der Waals surface area contributed by atoms with E-state index in [1.807, 2.05) is 18.2 Å². The monoisotopic (exact) mass is 335 g/mol. The third kappa shape index (κ3) is 3.10. The normalized spacial score (nSPS) is 26.8. The number of hydrogen-bond acceptors (Lipinski definition) is 4. The lowest BCUT2D eigenvalue weighted by molar-refractivity contribution is -0.159. The first-order chi connectivity index (χ1) is 11.1. The van der Waals surface area contributed by atoms with E-state index in [1.165, 1.54) is 12.7 Å². The van der Waals surface area contributed by atoms with E-state index >= 15 is 0 Å². The molecule has 2 aliphatic rings. The van der Waals surface area contributed by atoms with Crippen molar-refractivity contribution in [2.75, 3.05) is 26.8 Å². The van der Waals surface area contributed by atoms with Crippen LogP contribution in [0.15, 0.2) is 29.2 Å². The van der Waals surface area contributed by atoms with E-state index in [0.717, 1.165) is 11.3 Å². The summed E-state index contributed by atoms with van der Waals surface area (Å²) in [7, 11) is 1.51. The second kappa shape index (κ2) is 6.53. The number of aliphatic carboxylic acids is 1. The summed E-state index contributed by atoms with van der Waals surface area (Å²) in [6.45, 7) is 1.01. The van der Waals surface area contributed by atoms with Crippen molar-refractivity contribution >= 4 is 23.6 Å². The van der Waals surface area contributed by atoms with Crippen molar-refractivity contribution in [3.05, 3.63) is 29.8 Å². The summed E-state index contributed by atoms with van der Waals surface area (Å²) < 4.78 is 5.13. The molecule has 1 N–H and O–H groups in total. The number of fused-ring (bicyclic) bond motifs is 1. The Hall–Kier alpha value is -1.53. The van der Waals surface area contributed by atoms with Crippen LogP contribution in [0.1, 0.15) is 18.4 Å². The number of nitrogens with zero attached hydrogens (tertiary/aromatic N) is 1. The number of hydrogen-bond donors (Lipinski definition) is 1. The average Bonchev–Trinajstić information content (AvgIpc) is 2.98. The molecule has 0 aliphatic carbocycles. The van der Waals surface area contributed by atoms with Crippen LogP contribution in [0.25, 0.3) is 0 Å². The predicted molar refractivity (Wildman–Crippen MR) is 87.5 cm³/mol. The zero-order valence-corrected chi connectivity index (χ0v) is 14.0. The number of ether oxygens (including phenoxy) is 1. The molecular formula is C17H21NO4S. The molecule has 1 fully saturated rings. The Kier molecular flexibility index (Phi) is 4.64. The van der Waals surface area contributed by atoms with E-state index < -0.39 is 11.4 Å². The van der Waals surface area contributed by atoms with Gasteiger partial charge in [0.2, 0.25) is 5.91 Å². The summed E-state index contributed by atoms with van der Waals surface area (Å²) in [6.07, 6.45) is 1.98. The van der Waals surface area contributed by atoms with Crippen molar-refractivity contribution in [3.8, 4) is 0 Å². The molecule has 5 nitrogen and oxygen atoms in total. The summed E-state index contributed by atoms with van der Waals surface area (Å²) in [5.41, 5.74) is 0.230. The van der Waals surface area contributed by atoms with Crippen LogP contribution < -0.4 is 0 Å². The van der Waals surface area contributed by atoms with Gasteiger partial charge >= 0.3 is 5.97 Å². The van der Waals surface area contributed by atoms with E-state index in [0.29, 0.717) is 19.4 Å². The van der Waals surface area contributed by atoms with E-state index in [9.17, 15) is 14.7 Å². The first kappa shape index (κ1) is 16.3. The molecule has 1 amide bonds. The summed E-state index contributed by atoms with van der Waals surface area (Å²) >= 11 is 1.59. The van der Waals surface area contributed by atoms with Crippen LogP contribution >= 0.6 is 11.8 Å². The molecule has 2 heterocycles. The zero-order chi connectivity index (χ0) is 16.4. The molecule has 0 aromatic heterocycles. The van der Waals surface area contributed by atoms with E-state index in [-0.39, 0.29) is 24.3 Å². The van der Waals surface area contributed by atoms with Gasteiger partial charge in [-0.1, -0.05) is 18.2 Å². The first-order valence-corrected chi connectivity index (χ1v) is 8.69. The highest BCUT2D eigenvalue weighted by atomic mass is 32.2. The molecule has 0 saturated carbocycles. The van der Waals surface area contributed by atoms with E-state index in [2.05, 4.69) is 6.07 Å². The molecule has 2 atom stereocenters. The summed E-state index contributed by atoms with van der Waals surface area (Å²) in [6, 6.07) is 8.06. The number of carboxylic acids is 1. The number of carbonyl (C=O) groups excluding carboxylic acids is 1. The lowest BCUT2D eigenvalue weighted by Crippen LogP contribution is -2.53. The maximum Gasteiger partial charge on any atom is 0.313 e. The molecule has 1 aromatic carbocycles. The number of rotatable bonds is 4. The van der Waals surface area contributed by atoms with Gasteiger partial charge in [0.15, 0.2) is 0 Å². The summed E-state index contributed by atoms with van der Waals surface area (Å²) in [4.78, 5) is 27.4. The van der Waals surface area contributed by atoms with Crippen LogP contribution in [0.4, 0.5) is 0 Å². The molecule has 1 aromatic rings. The quantitative estimate of drug-likeness (QED) is 0.912. The van der Waals surface area contributed by atoms with Crippen molar-refractivity contribution in [3.63, 3.8) is 0 Å². The van der Waals surface area contributed by atoms with Gasteiger partial charge in [-0.3, -0.25) is 9.59 Å². The number of amides is 1. The molecule has 0 radical (unpaired) electrons. The second-order valence-corrected chi connectivity index (χ2v) is 7.54. The fraction of sp³-hybridized carbons (Fsp3) is 0.529. The molecular weight excluding hydrogens is 314 g/mol. The molecule has 0 spiro atoms. The highest BCUT2D eigenvalue weighted by molar-refractivity contribution is 8.01. The molecule has 0 bridgehead atoms. The molecule has 1 saturated heterocycles. The first-order valence-electron chi connectivity index (χ1n) is 7.81. The second-order valence-electron chi connectivity index (χ2n) is 6.30. The Morgan fingerprint density at radius 2 is 2.22 bits per heavy atom. The van der Waals surface area contributed by atoms with Gasteiger partial charge in [-0.15, -0.1) is 11.8 Å². The Morgan fingerprint density at radius 3 is 2.91 bits per heavy atom. The van der Waals surface area contributed by atoms with Crippen LogP contribution in [0, 0.1) is 5.41 Å². The van der Waals surface area contributed by atoms with Crippen LogP contribution in [-0.4, -0.2) is 53.9 Å². The summed E-state index contributed by atoms with van der Waals surface area (Å²) in [5.74, 6) is -0.827. The molecule has 3 rings (SSSR count). The van der Waals surface area contributed by atoms with Crippen LogP contribution in [-0.2, 0) is 20.7 Å². The highest BCUT2D eigenvalue weighted by Crippen LogP contribution is 2.39. The molecule has 6 heteroatoms. The van der Waals surface area contributed by atoms with Gasteiger partial charge < -0.3 is 14.7 Å². The molecule has 2 aliphatic heterocycles. The topological polar surface area (TPSA) is 66.8 Å². The summed E-state index contributed by atoms with van der Waals surface area (Å²) in [5, 5.41) is 9.46. The van der Waals surface area contributed by atoms with Gasteiger partial charge in [-0.05, 0) is 30.9 Å². The standard InChI is InChI=1S/C17H21NO4S/c1-22-11-17(16(20)21)7-4-8-18(10-17)15(19)14-9-12-5-2-3-6-13(12)23-14/h2-3,5-6,14H,4,7-11H2,1H3,(H,20,21). The van der Waals surface area contributed by atoms with E-state index in [1.54, 1.807) is 16.7 Å². The van der Waals surface area contributed by atoms with Gasteiger partial charge in [0.05, 0.1) is 11.9 Å². The predicted octanol–water partition coefficient (Wildman–Crippen LogP) is 2.04. The van der Waals surface area contributed by atoms with Crippen molar-refractivity contribution in [2.24, 2.45) is 5.41 Å². The Morgan fingerprint density at radius 1 is 1.43 bits per heavy atom. The minimum Gasteiger partial charge on any atom is -0.481 e. The van der Waals surface area contributed by atoms with Crippen molar-refractivity contribution in [2.45, 2.75) is 29.4 Å². The van der Waals surface area contributed by atoms with Gasteiger partial charge in [0.25, 0.3) is 0 Å². The minimum atomic E-state index is -0.973. The van der Waals surface area contributed by atoms with E-state index in [4.69, 9.17) is 4.74 Å². The fourth-order valence-corrected chi connectivity index (χ4v) is 4.75. The Labute approximate surface area is 140 Å². The fourth-order valence-electron chi connectivity index (χ4n) is 3.47. The maximum absolute atomic E-state index is 12.9. The van der Waals surface area contributed by atoms with Gasteiger partial charge in [0, 0.05) is 25.1 Å². The van der Waals surface area contributed by atoms with Crippen LogP contribution in [0.2, 0.25) is 0 Å². The lowest BCUT2D eigenvalue weighted by Gasteiger charge is -2.40. The number of carboxylic acid groups (broad SMARTS) is 1. The number of likely N-dealkylation sites (tertiary alicyclic amines) is 1. The van der Waals surface area contributed by atoms with Crippen molar-refractivity contribution < 1.29 is 19.4 Å². The van der Waals surface area contributed by atoms with Crippen LogP contribution in [0.5, 0.6) is 0 Å². The van der Waals surface area contributed by atoms with Gasteiger partial charge in [-0.2, -0.15) is 0 Å². The number of benzene rings is 1. The SMILES string of the molecule is COCC1(C(=O)O)CCCN(C(=O)C2Cc3ccccc3S2)C1.